The Morgan fingerprint density at radius 3 is 2.79 bits per heavy atom. The number of halogens is 2. The number of ether oxygens (including phenoxy) is 1. The van der Waals surface area contributed by atoms with E-state index in [4.69, 9.17) is 26.0 Å². The highest BCUT2D eigenvalue weighted by Gasteiger charge is 2.19. The van der Waals surface area contributed by atoms with Crippen molar-refractivity contribution < 1.29 is 23.1 Å². The summed E-state index contributed by atoms with van der Waals surface area (Å²) in [5, 5.41) is 9.46. The molecule has 170 valence electrons. The second kappa shape index (κ2) is 11.2. The molecular formula is C24H21ClFN3O4. The summed E-state index contributed by atoms with van der Waals surface area (Å²) in [5.41, 5.74) is 1.62. The number of aromatic nitrogens is 1. The minimum absolute atomic E-state index is 0.0667. The second-order valence-electron chi connectivity index (χ2n) is 7.15. The molecule has 0 atom stereocenters. The van der Waals surface area contributed by atoms with Crippen LogP contribution in [0.2, 0.25) is 5.02 Å². The molecule has 0 fully saturated rings. The SMILES string of the molecule is Cc1cc(N(CCC#N)C(=O)COC(=O)CCc2ncc(-c3ccccc3F)o2)ccc1Cl. The summed E-state index contributed by atoms with van der Waals surface area (Å²) in [6, 6.07) is 13.2. The van der Waals surface area contributed by atoms with Crippen LogP contribution >= 0.6 is 11.6 Å². The van der Waals surface area contributed by atoms with Gasteiger partial charge in [-0.25, -0.2) is 9.37 Å². The molecule has 7 nitrogen and oxygen atoms in total. The molecule has 0 N–H and O–H groups in total. The van der Waals surface area contributed by atoms with E-state index in [1.54, 1.807) is 43.3 Å². The zero-order chi connectivity index (χ0) is 23.8. The van der Waals surface area contributed by atoms with Crippen molar-refractivity contribution in [2.24, 2.45) is 0 Å². The predicted octanol–water partition coefficient (Wildman–Crippen LogP) is 4.87. The Labute approximate surface area is 195 Å². The molecule has 0 saturated heterocycles. The maximum atomic E-state index is 13.9. The second-order valence-corrected chi connectivity index (χ2v) is 7.55. The summed E-state index contributed by atoms with van der Waals surface area (Å²) < 4.78 is 24.5. The van der Waals surface area contributed by atoms with Crippen molar-refractivity contribution in [1.29, 1.82) is 5.26 Å². The van der Waals surface area contributed by atoms with E-state index in [1.807, 2.05) is 6.07 Å². The zero-order valence-corrected chi connectivity index (χ0v) is 18.6. The summed E-state index contributed by atoms with van der Waals surface area (Å²) in [4.78, 5) is 30.2. The molecular weight excluding hydrogens is 449 g/mol. The molecule has 0 aliphatic rings. The van der Waals surface area contributed by atoms with Crippen LogP contribution in [-0.4, -0.2) is 30.0 Å². The fourth-order valence-electron chi connectivity index (χ4n) is 3.07. The third-order valence-electron chi connectivity index (χ3n) is 4.79. The average molecular weight is 470 g/mol. The van der Waals surface area contributed by atoms with Crippen LogP contribution in [0, 0.1) is 24.1 Å². The number of esters is 1. The Morgan fingerprint density at radius 2 is 2.06 bits per heavy atom. The minimum atomic E-state index is -0.610. The molecule has 9 heteroatoms. The maximum absolute atomic E-state index is 13.9. The normalized spacial score (nSPS) is 10.5. The number of carbonyl (C=O) groups is 2. The van der Waals surface area contributed by atoms with Gasteiger partial charge in [-0.2, -0.15) is 5.26 Å². The predicted molar refractivity (Wildman–Crippen MR) is 120 cm³/mol. The minimum Gasteiger partial charge on any atom is -0.456 e. The van der Waals surface area contributed by atoms with Crippen LogP contribution in [0.4, 0.5) is 10.1 Å². The summed E-state index contributed by atoms with van der Waals surface area (Å²) in [6.45, 7) is 1.49. The number of hydrogen-bond donors (Lipinski definition) is 0. The third kappa shape index (κ3) is 6.40. The molecule has 1 aromatic heterocycles. The molecule has 3 aromatic rings. The third-order valence-corrected chi connectivity index (χ3v) is 5.22. The number of aryl methyl sites for hydroxylation is 2. The van der Waals surface area contributed by atoms with E-state index in [2.05, 4.69) is 4.98 Å². The van der Waals surface area contributed by atoms with Crippen LogP contribution in [0.15, 0.2) is 53.1 Å². The number of rotatable bonds is 9. The lowest BCUT2D eigenvalue weighted by Gasteiger charge is -2.22. The van der Waals surface area contributed by atoms with Gasteiger partial charge in [0, 0.05) is 23.7 Å². The van der Waals surface area contributed by atoms with E-state index < -0.39 is 24.3 Å². The molecule has 2 aromatic carbocycles. The number of oxazole rings is 1. The molecule has 0 spiro atoms. The highest BCUT2D eigenvalue weighted by Crippen LogP contribution is 2.24. The number of hydrogen-bond acceptors (Lipinski definition) is 6. The first-order valence-electron chi connectivity index (χ1n) is 10.2. The van der Waals surface area contributed by atoms with Gasteiger partial charge in [-0.05, 0) is 42.8 Å². The van der Waals surface area contributed by atoms with Gasteiger partial charge >= 0.3 is 5.97 Å². The highest BCUT2D eigenvalue weighted by molar-refractivity contribution is 6.31. The van der Waals surface area contributed by atoms with Crippen LogP contribution in [0.3, 0.4) is 0 Å². The zero-order valence-electron chi connectivity index (χ0n) is 17.9. The van der Waals surface area contributed by atoms with Crippen molar-refractivity contribution in [1.82, 2.24) is 4.98 Å². The lowest BCUT2D eigenvalue weighted by molar-refractivity contribution is -0.147. The molecule has 0 saturated carbocycles. The number of nitriles is 1. The number of nitrogens with zero attached hydrogens (tertiary/aromatic N) is 3. The Hall–Kier alpha value is -3.70. The van der Waals surface area contributed by atoms with Crippen molar-refractivity contribution >= 4 is 29.2 Å². The number of anilines is 1. The molecule has 1 amide bonds. The van der Waals surface area contributed by atoms with Crippen LogP contribution in [0.1, 0.15) is 24.3 Å². The van der Waals surface area contributed by atoms with E-state index in [9.17, 15) is 14.0 Å². The lowest BCUT2D eigenvalue weighted by atomic mass is 10.2. The van der Waals surface area contributed by atoms with Gasteiger partial charge in [0.15, 0.2) is 18.3 Å². The van der Waals surface area contributed by atoms with Gasteiger partial charge in [0.05, 0.1) is 30.7 Å². The lowest BCUT2D eigenvalue weighted by Crippen LogP contribution is -2.35. The topological polar surface area (TPSA) is 96.4 Å². The fourth-order valence-corrected chi connectivity index (χ4v) is 3.19. The van der Waals surface area contributed by atoms with Crippen LogP contribution in [-0.2, 0) is 20.7 Å². The Bertz CT molecular complexity index is 1190. The van der Waals surface area contributed by atoms with Gasteiger partial charge in [0.25, 0.3) is 5.91 Å². The maximum Gasteiger partial charge on any atom is 0.306 e. The summed E-state index contributed by atoms with van der Waals surface area (Å²) in [7, 11) is 0. The standard InChI is InChI=1S/C24H21ClFN3O4/c1-16-13-17(7-8-19(16)25)29(12-4-11-27)23(30)15-32-24(31)10-9-22-28-14-21(33-22)18-5-2-3-6-20(18)26/h2-3,5-8,13-14H,4,9-10,12,15H2,1H3. The largest absolute Gasteiger partial charge is 0.456 e. The first kappa shape index (κ1) is 24.0. The molecule has 3 rings (SSSR count). The van der Waals surface area contributed by atoms with E-state index >= 15 is 0 Å². The molecule has 33 heavy (non-hydrogen) atoms. The van der Waals surface area contributed by atoms with Gasteiger partial charge < -0.3 is 14.1 Å². The fraction of sp³-hybridized carbons (Fsp3) is 0.250. The van der Waals surface area contributed by atoms with Crippen LogP contribution in [0.5, 0.6) is 0 Å². The molecule has 0 aliphatic heterocycles. The van der Waals surface area contributed by atoms with Crippen molar-refractivity contribution in [2.75, 3.05) is 18.1 Å². The quantitative estimate of drug-likeness (QED) is 0.415. The summed E-state index contributed by atoms with van der Waals surface area (Å²) >= 11 is 6.04. The highest BCUT2D eigenvalue weighted by atomic mass is 35.5. The first-order valence-corrected chi connectivity index (χ1v) is 10.6. The van der Waals surface area contributed by atoms with Crippen LogP contribution in [0.25, 0.3) is 11.3 Å². The molecule has 0 radical (unpaired) electrons. The van der Waals surface area contributed by atoms with Gasteiger partial charge in [0.2, 0.25) is 0 Å². The molecule has 1 heterocycles. The number of carbonyl (C=O) groups excluding carboxylic acids is 2. The van der Waals surface area contributed by atoms with Crippen LogP contribution < -0.4 is 4.90 Å². The summed E-state index contributed by atoms with van der Waals surface area (Å²) in [6.07, 6.45) is 1.58. The van der Waals surface area contributed by atoms with E-state index in [0.29, 0.717) is 10.7 Å². The van der Waals surface area contributed by atoms with E-state index in [0.717, 1.165) is 5.56 Å². The molecule has 0 bridgehead atoms. The van der Waals surface area contributed by atoms with Crippen molar-refractivity contribution in [2.45, 2.75) is 26.2 Å². The average Bonchev–Trinajstić information content (AvgIpc) is 3.28. The van der Waals surface area contributed by atoms with E-state index in [-0.39, 0.29) is 43.0 Å². The molecule has 0 unspecified atom stereocenters. The van der Waals surface area contributed by atoms with Gasteiger partial charge in [-0.3, -0.25) is 9.59 Å². The summed E-state index contributed by atoms with van der Waals surface area (Å²) in [5.74, 6) is -0.989. The van der Waals surface area contributed by atoms with Crippen molar-refractivity contribution in [3.05, 3.63) is 71.0 Å². The number of benzene rings is 2. The van der Waals surface area contributed by atoms with E-state index in [1.165, 1.54) is 17.2 Å². The Morgan fingerprint density at radius 1 is 1.27 bits per heavy atom. The Balaban J connectivity index is 1.54. The first-order chi connectivity index (χ1) is 15.9. The van der Waals surface area contributed by atoms with Gasteiger partial charge in [-0.15, -0.1) is 0 Å². The number of amides is 1. The Kier molecular flexibility index (Phi) is 8.17. The van der Waals surface area contributed by atoms with Crippen molar-refractivity contribution in [3.8, 4) is 17.4 Å². The monoisotopic (exact) mass is 469 g/mol. The van der Waals surface area contributed by atoms with Crippen molar-refractivity contribution in [3.63, 3.8) is 0 Å². The van der Waals surface area contributed by atoms with Gasteiger partial charge in [0.1, 0.15) is 5.82 Å². The van der Waals surface area contributed by atoms with Gasteiger partial charge in [-0.1, -0.05) is 23.7 Å². The smallest absolute Gasteiger partial charge is 0.306 e. The molecule has 0 aliphatic carbocycles.